The largest absolute Gasteiger partial charge is 0.371 e. The van der Waals surface area contributed by atoms with Crippen LogP contribution in [-0.4, -0.2) is 67.1 Å². The van der Waals surface area contributed by atoms with Crippen LogP contribution in [0.5, 0.6) is 0 Å². The monoisotopic (exact) mass is 344 g/mol. The summed E-state index contributed by atoms with van der Waals surface area (Å²) in [6.45, 7) is 12.3. The molecule has 0 spiro atoms. The summed E-state index contributed by atoms with van der Waals surface area (Å²) in [5.41, 5.74) is 2.82. The van der Waals surface area contributed by atoms with E-state index in [1.54, 1.807) is 12.1 Å². The van der Waals surface area contributed by atoms with E-state index >= 15 is 0 Å². The molecule has 1 aromatic carbocycles. The average Bonchev–Trinajstić information content (AvgIpc) is 2.62. The van der Waals surface area contributed by atoms with Gasteiger partial charge in [0.05, 0.1) is 4.92 Å². The molecule has 0 radical (unpaired) electrons. The minimum Gasteiger partial charge on any atom is -0.371 e. The van der Waals surface area contributed by atoms with Gasteiger partial charge in [-0.05, 0) is 32.9 Å². The SMILES string of the molecule is C=Cc1cc([N+](=O)[O-])c(C)cc1N1CCC(N2CCN(C)CC2)CC1. The summed E-state index contributed by atoms with van der Waals surface area (Å²) in [6, 6.07) is 4.27. The van der Waals surface area contributed by atoms with E-state index in [-0.39, 0.29) is 10.6 Å². The normalized spacial score (nSPS) is 20.6. The van der Waals surface area contributed by atoms with Gasteiger partial charge in [0.2, 0.25) is 0 Å². The Morgan fingerprint density at radius 2 is 1.80 bits per heavy atom. The maximum absolute atomic E-state index is 11.2. The lowest BCUT2D eigenvalue weighted by Crippen LogP contribution is -2.52. The van der Waals surface area contributed by atoms with Crippen LogP contribution in [0.2, 0.25) is 0 Å². The molecule has 6 nitrogen and oxygen atoms in total. The third kappa shape index (κ3) is 3.85. The van der Waals surface area contributed by atoms with Crippen molar-refractivity contribution in [3.05, 3.63) is 40.0 Å². The van der Waals surface area contributed by atoms with Gasteiger partial charge in [0.15, 0.2) is 0 Å². The third-order valence-corrected chi connectivity index (χ3v) is 5.62. The van der Waals surface area contributed by atoms with Crippen LogP contribution >= 0.6 is 0 Å². The van der Waals surface area contributed by atoms with Crippen LogP contribution in [0.4, 0.5) is 11.4 Å². The molecule has 0 aromatic heterocycles. The summed E-state index contributed by atoms with van der Waals surface area (Å²) in [7, 11) is 2.19. The first-order chi connectivity index (χ1) is 12.0. The molecule has 25 heavy (non-hydrogen) atoms. The van der Waals surface area contributed by atoms with E-state index in [2.05, 4.69) is 28.3 Å². The van der Waals surface area contributed by atoms with E-state index in [1.807, 2.05) is 13.0 Å². The molecule has 3 rings (SSSR count). The second kappa shape index (κ2) is 7.54. The highest BCUT2D eigenvalue weighted by Gasteiger charge is 2.28. The molecule has 0 aliphatic carbocycles. The van der Waals surface area contributed by atoms with Crippen molar-refractivity contribution >= 4 is 17.5 Å². The molecule has 2 aliphatic heterocycles. The van der Waals surface area contributed by atoms with Gasteiger partial charge in [0, 0.05) is 68.2 Å². The van der Waals surface area contributed by atoms with Gasteiger partial charge in [-0.3, -0.25) is 15.0 Å². The third-order valence-electron chi connectivity index (χ3n) is 5.62. The zero-order chi connectivity index (χ0) is 18.0. The quantitative estimate of drug-likeness (QED) is 0.621. The smallest absolute Gasteiger partial charge is 0.273 e. The molecule has 0 unspecified atom stereocenters. The lowest BCUT2D eigenvalue weighted by atomic mass is 9.99. The zero-order valence-corrected chi connectivity index (χ0v) is 15.3. The van der Waals surface area contributed by atoms with Gasteiger partial charge in [-0.2, -0.15) is 0 Å². The molecule has 2 aliphatic rings. The highest BCUT2D eigenvalue weighted by molar-refractivity contribution is 5.71. The molecule has 2 heterocycles. The maximum atomic E-state index is 11.2. The fourth-order valence-electron chi connectivity index (χ4n) is 3.99. The van der Waals surface area contributed by atoms with E-state index in [9.17, 15) is 10.1 Å². The molecular formula is C19H28N4O2. The molecule has 0 saturated carbocycles. The Labute approximate surface area is 149 Å². The number of nitro benzene ring substituents is 1. The number of anilines is 1. The van der Waals surface area contributed by atoms with E-state index in [4.69, 9.17) is 0 Å². The summed E-state index contributed by atoms with van der Waals surface area (Å²) < 4.78 is 0. The molecule has 2 fully saturated rings. The van der Waals surface area contributed by atoms with Crippen LogP contribution in [0, 0.1) is 17.0 Å². The first-order valence-electron chi connectivity index (χ1n) is 9.08. The molecule has 6 heteroatoms. The van der Waals surface area contributed by atoms with Crippen LogP contribution in [0.25, 0.3) is 6.08 Å². The first kappa shape index (κ1) is 17.9. The minimum atomic E-state index is -0.314. The van der Waals surface area contributed by atoms with Crippen molar-refractivity contribution in [1.29, 1.82) is 0 Å². The van der Waals surface area contributed by atoms with Gasteiger partial charge in [-0.25, -0.2) is 0 Å². The highest BCUT2D eigenvalue weighted by Crippen LogP contribution is 2.32. The standard InChI is InChI=1S/C19H28N4O2/c1-4-16-14-18(23(24)25)15(2)13-19(16)22-7-5-17(6-8-22)21-11-9-20(3)10-12-21/h4,13-14,17H,1,5-12H2,2-3H3. The van der Waals surface area contributed by atoms with Crippen molar-refractivity contribution < 1.29 is 4.92 Å². The number of rotatable bonds is 4. The average molecular weight is 344 g/mol. The lowest BCUT2D eigenvalue weighted by molar-refractivity contribution is -0.385. The second-order valence-corrected chi connectivity index (χ2v) is 7.22. The predicted molar refractivity (Wildman–Crippen MR) is 102 cm³/mol. The predicted octanol–water partition coefficient (Wildman–Crippen LogP) is 2.76. The summed E-state index contributed by atoms with van der Waals surface area (Å²) in [4.78, 5) is 18.2. The molecule has 0 N–H and O–H groups in total. The number of nitro groups is 1. The van der Waals surface area contributed by atoms with Crippen molar-refractivity contribution in [3.8, 4) is 0 Å². The molecule has 0 atom stereocenters. The maximum Gasteiger partial charge on any atom is 0.273 e. The van der Waals surface area contributed by atoms with Crippen LogP contribution in [0.3, 0.4) is 0 Å². The van der Waals surface area contributed by atoms with E-state index < -0.39 is 0 Å². The first-order valence-corrected chi connectivity index (χ1v) is 9.08. The van der Waals surface area contributed by atoms with Gasteiger partial charge < -0.3 is 9.80 Å². The van der Waals surface area contributed by atoms with Gasteiger partial charge >= 0.3 is 0 Å². The molecule has 2 saturated heterocycles. The fourth-order valence-corrected chi connectivity index (χ4v) is 3.99. The Bertz CT molecular complexity index is 645. The summed E-state index contributed by atoms with van der Waals surface area (Å²) in [6.07, 6.45) is 4.03. The number of hydrogen-bond acceptors (Lipinski definition) is 5. The Balaban J connectivity index is 1.69. The lowest BCUT2D eigenvalue weighted by Gasteiger charge is -2.43. The van der Waals surface area contributed by atoms with E-state index in [0.29, 0.717) is 11.6 Å². The Kier molecular flexibility index (Phi) is 5.39. The van der Waals surface area contributed by atoms with Gasteiger partial charge in [-0.1, -0.05) is 12.7 Å². The van der Waals surface area contributed by atoms with Crippen molar-refractivity contribution in [2.75, 3.05) is 51.2 Å². The highest BCUT2D eigenvalue weighted by atomic mass is 16.6. The van der Waals surface area contributed by atoms with Crippen molar-refractivity contribution in [2.24, 2.45) is 0 Å². The van der Waals surface area contributed by atoms with Crippen LogP contribution in [-0.2, 0) is 0 Å². The van der Waals surface area contributed by atoms with Gasteiger partial charge in [-0.15, -0.1) is 0 Å². The number of nitrogens with zero attached hydrogens (tertiary/aromatic N) is 4. The minimum absolute atomic E-state index is 0.172. The Morgan fingerprint density at radius 1 is 1.16 bits per heavy atom. The molecular weight excluding hydrogens is 316 g/mol. The summed E-state index contributed by atoms with van der Waals surface area (Å²) in [5.74, 6) is 0. The number of piperazine rings is 1. The van der Waals surface area contributed by atoms with Crippen LogP contribution < -0.4 is 4.90 Å². The van der Waals surface area contributed by atoms with Crippen molar-refractivity contribution in [3.63, 3.8) is 0 Å². The number of aryl methyl sites for hydroxylation is 1. The Morgan fingerprint density at radius 3 is 2.36 bits per heavy atom. The number of piperidine rings is 1. The van der Waals surface area contributed by atoms with Gasteiger partial charge in [0.1, 0.15) is 0 Å². The number of benzene rings is 1. The topological polar surface area (TPSA) is 52.9 Å². The van der Waals surface area contributed by atoms with E-state index in [1.165, 1.54) is 0 Å². The Hall–Kier alpha value is -1.92. The number of hydrogen-bond donors (Lipinski definition) is 0. The number of likely N-dealkylation sites (N-methyl/N-ethyl adjacent to an activating group) is 1. The van der Waals surface area contributed by atoms with E-state index in [0.717, 1.165) is 63.4 Å². The molecule has 136 valence electrons. The van der Waals surface area contributed by atoms with Crippen LogP contribution in [0.15, 0.2) is 18.7 Å². The molecule has 0 amide bonds. The van der Waals surface area contributed by atoms with Gasteiger partial charge in [0.25, 0.3) is 5.69 Å². The van der Waals surface area contributed by atoms with Crippen molar-refractivity contribution in [2.45, 2.75) is 25.8 Å². The van der Waals surface area contributed by atoms with Crippen LogP contribution in [0.1, 0.15) is 24.0 Å². The second-order valence-electron chi connectivity index (χ2n) is 7.22. The molecule has 0 bridgehead atoms. The van der Waals surface area contributed by atoms with Crippen molar-refractivity contribution in [1.82, 2.24) is 9.80 Å². The zero-order valence-electron chi connectivity index (χ0n) is 15.3. The fraction of sp³-hybridized carbons (Fsp3) is 0.579. The summed E-state index contributed by atoms with van der Waals surface area (Å²) >= 11 is 0. The molecule has 1 aromatic rings. The summed E-state index contributed by atoms with van der Waals surface area (Å²) in [5, 5.41) is 11.2.